The molecule has 1 unspecified atom stereocenters. The lowest BCUT2D eigenvalue weighted by Gasteiger charge is -2.11. The lowest BCUT2D eigenvalue weighted by Crippen LogP contribution is -2.39. The van der Waals surface area contributed by atoms with Crippen molar-refractivity contribution < 1.29 is 9.53 Å². The number of ether oxygens (including phenoxy) is 1. The fraction of sp³-hybridized carbons (Fsp3) is 0.833. The van der Waals surface area contributed by atoms with Gasteiger partial charge >= 0.3 is 0 Å². The third-order valence-electron chi connectivity index (χ3n) is 1.12. The van der Waals surface area contributed by atoms with Crippen molar-refractivity contribution in [1.82, 2.24) is 5.43 Å². The Morgan fingerprint density at radius 2 is 2.45 bits per heavy atom. The summed E-state index contributed by atoms with van der Waals surface area (Å²) in [6.45, 7) is 2.39. The molecule has 0 aromatic carbocycles. The maximum atomic E-state index is 11.0. The van der Waals surface area contributed by atoms with Crippen molar-refractivity contribution in [3.8, 4) is 0 Å². The van der Waals surface area contributed by atoms with Crippen LogP contribution in [-0.4, -0.2) is 30.6 Å². The number of carbonyl (C=O) groups excluding carboxylic acids is 1. The third kappa shape index (κ3) is 4.23. The molecule has 0 spiro atoms. The van der Waals surface area contributed by atoms with Gasteiger partial charge in [-0.15, -0.1) is 11.8 Å². The van der Waals surface area contributed by atoms with Crippen LogP contribution in [0.2, 0.25) is 0 Å². The van der Waals surface area contributed by atoms with Crippen LogP contribution in [0.3, 0.4) is 0 Å². The number of nitrogens with one attached hydrogen (secondary N) is 1. The molecule has 66 valence electrons. The smallest absolute Gasteiger partial charge is 0.249 e. The lowest BCUT2D eigenvalue weighted by molar-refractivity contribution is -0.121. The van der Waals surface area contributed by atoms with Gasteiger partial charge in [0, 0.05) is 7.11 Å². The highest BCUT2D eigenvalue weighted by Crippen LogP contribution is 2.09. The Labute approximate surface area is 70.8 Å². The zero-order chi connectivity index (χ0) is 8.69. The molecule has 0 aliphatic carbocycles. The fourth-order valence-electron chi connectivity index (χ4n) is 0.645. The molecule has 0 saturated carbocycles. The van der Waals surface area contributed by atoms with Crippen LogP contribution in [0.4, 0.5) is 0 Å². The SMILES string of the molecule is CCSC(COC)C(=O)NN. The second-order valence-corrected chi connectivity index (χ2v) is 3.39. The average molecular weight is 178 g/mol. The Kier molecular flexibility index (Phi) is 6.30. The Bertz CT molecular complexity index is 115. The molecule has 3 N–H and O–H groups in total. The van der Waals surface area contributed by atoms with E-state index in [0.29, 0.717) is 6.61 Å². The average Bonchev–Trinajstić information content (AvgIpc) is 2.03. The largest absolute Gasteiger partial charge is 0.383 e. The Balaban J connectivity index is 3.76. The molecule has 0 radical (unpaired) electrons. The fourth-order valence-corrected chi connectivity index (χ4v) is 1.50. The molecule has 0 heterocycles. The predicted molar refractivity (Wildman–Crippen MR) is 46.1 cm³/mol. The summed E-state index contributed by atoms with van der Waals surface area (Å²) in [4.78, 5) is 11.0. The Hall–Kier alpha value is -0.260. The van der Waals surface area contributed by atoms with Crippen molar-refractivity contribution in [3.63, 3.8) is 0 Å². The zero-order valence-corrected chi connectivity index (χ0v) is 7.61. The van der Waals surface area contributed by atoms with E-state index < -0.39 is 0 Å². The molecule has 1 atom stereocenters. The highest BCUT2D eigenvalue weighted by Gasteiger charge is 2.16. The van der Waals surface area contributed by atoms with Gasteiger partial charge in [-0.2, -0.15) is 0 Å². The first kappa shape index (κ1) is 10.7. The monoisotopic (exact) mass is 178 g/mol. The maximum absolute atomic E-state index is 11.0. The highest BCUT2D eigenvalue weighted by molar-refractivity contribution is 8.00. The standard InChI is InChI=1S/C6H14N2O2S/c1-3-11-5(4-10-2)6(9)8-7/h5H,3-4,7H2,1-2H3,(H,8,9). The van der Waals surface area contributed by atoms with E-state index in [9.17, 15) is 4.79 Å². The number of hydrogen-bond donors (Lipinski definition) is 2. The highest BCUT2D eigenvalue weighted by atomic mass is 32.2. The molecule has 1 amide bonds. The molecule has 0 fully saturated rings. The first-order valence-corrected chi connectivity index (χ1v) is 4.42. The van der Waals surface area contributed by atoms with Gasteiger partial charge < -0.3 is 4.74 Å². The quantitative estimate of drug-likeness (QED) is 0.346. The molecular weight excluding hydrogens is 164 g/mol. The van der Waals surface area contributed by atoms with E-state index in [0.717, 1.165) is 5.75 Å². The molecule has 5 heteroatoms. The van der Waals surface area contributed by atoms with Crippen LogP contribution in [0.1, 0.15) is 6.92 Å². The molecular formula is C6H14N2O2S. The summed E-state index contributed by atoms with van der Waals surface area (Å²) in [5.74, 6) is 5.66. The number of rotatable bonds is 5. The van der Waals surface area contributed by atoms with Gasteiger partial charge in [0.25, 0.3) is 0 Å². The van der Waals surface area contributed by atoms with Gasteiger partial charge in [-0.3, -0.25) is 10.2 Å². The number of methoxy groups -OCH3 is 1. The van der Waals surface area contributed by atoms with E-state index in [4.69, 9.17) is 10.6 Å². The van der Waals surface area contributed by atoms with Gasteiger partial charge in [-0.25, -0.2) is 5.84 Å². The van der Waals surface area contributed by atoms with Crippen molar-refractivity contribution >= 4 is 17.7 Å². The van der Waals surface area contributed by atoms with E-state index in [2.05, 4.69) is 5.43 Å². The molecule has 0 aliphatic heterocycles. The minimum absolute atomic E-state index is 0.182. The lowest BCUT2D eigenvalue weighted by atomic mass is 10.4. The van der Waals surface area contributed by atoms with Crippen molar-refractivity contribution in [3.05, 3.63) is 0 Å². The summed E-state index contributed by atoms with van der Waals surface area (Å²) in [5.41, 5.74) is 2.09. The summed E-state index contributed by atoms with van der Waals surface area (Å²) >= 11 is 1.52. The molecule has 11 heavy (non-hydrogen) atoms. The van der Waals surface area contributed by atoms with E-state index in [1.54, 1.807) is 7.11 Å². The minimum Gasteiger partial charge on any atom is -0.383 e. The molecule has 0 saturated heterocycles. The van der Waals surface area contributed by atoms with E-state index in [-0.39, 0.29) is 11.2 Å². The first-order chi connectivity index (χ1) is 5.26. The number of nitrogens with two attached hydrogens (primary N) is 1. The van der Waals surface area contributed by atoms with Gasteiger partial charge in [-0.1, -0.05) is 6.92 Å². The van der Waals surface area contributed by atoms with Crippen molar-refractivity contribution in [2.45, 2.75) is 12.2 Å². The number of thioether (sulfide) groups is 1. The number of hydrazine groups is 1. The summed E-state index contributed by atoms with van der Waals surface area (Å²) in [6, 6.07) is 0. The molecule has 4 nitrogen and oxygen atoms in total. The summed E-state index contributed by atoms with van der Waals surface area (Å²) in [5, 5.41) is -0.185. The van der Waals surface area contributed by atoms with Crippen LogP contribution in [0.25, 0.3) is 0 Å². The van der Waals surface area contributed by atoms with Gasteiger partial charge in [0.15, 0.2) is 0 Å². The van der Waals surface area contributed by atoms with Gasteiger partial charge in [0.1, 0.15) is 5.25 Å². The van der Waals surface area contributed by atoms with E-state index in [1.807, 2.05) is 6.92 Å². The number of amides is 1. The Morgan fingerprint density at radius 1 is 1.82 bits per heavy atom. The van der Waals surface area contributed by atoms with Crippen LogP contribution in [-0.2, 0) is 9.53 Å². The second kappa shape index (κ2) is 6.45. The molecule has 0 aromatic rings. The van der Waals surface area contributed by atoms with Crippen LogP contribution in [0.5, 0.6) is 0 Å². The van der Waals surface area contributed by atoms with Crippen molar-refractivity contribution in [1.29, 1.82) is 0 Å². The molecule has 0 bridgehead atoms. The van der Waals surface area contributed by atoms with Crippen LogP contribution >= 0.6 is 11.8 Å². The Morgan fingerprint density at radius 3 is 2.82 bits per heavy atom. The number of carbonyl (C=O) groups is 1. The first-order valence-electron chi connectivity index (χ1n) is 3.37. The van der Waals surface area contributed by atoms with Crippen LogP contribution in [0, 0.1) is 0 Å². The van der Waals surface area contributed by atoms with E-state index >= 15 is 0 Å². The molecule has 0 rings (SSSR count). The predicted octanol–water partition coefficient (Wildman–Crippen LogP) is -0.256. The van der Waals surface area contributed by atoms with Crippen LogP contribution in [0.15, 0.2) is 0 Å². The normalized spacial score (nSPS) is 12.6. The summed E-state index contributed by atoms with van der Waals surface area (Å²) in [6.07, 6.45) is 0. The third-order valence-corrected chi connectivity index (χ3v) is 2.21. The summed E-state index contributed by atoms with van der Waals surface area (Å²) < 4.78 is 4.84. The molecule has 0 aromatic heterocycles. The minimum atomic E-state index is -0.185. The van der Waals surface area contributed by atoms with E-state index in [1.165, 1.54) is 11.8 Å². The second-order valence-electron chi connectivity index (χ2n) is 1.91. The van der Waals surface area contributed by atoms with Gasteiger partial charge in [0.05, 0.1) is 6.61 Å². The summed E-state index contributed by atoms with van der Waals surface area (Å²) in [7, 11) is 1.56. The zero-order valence-electron chi connectivity index (χ0n) is 6.79. The number of hydrogen-bond acceptors (Lipinski definition) is 4. The topological polar surface area (TPSA) is 64.3 Å². The van der Waals surface area contributed by atoms with Crippen molar-refractivity contribution in [2.75, 3.05) is 19.5 Å². The van der Waals surface area contributed by atoms with Crippen LogP contribution < -0.4 is 11.3 Å². The molecule has 0 aliphatic rings. The van der Waals surface area contributed by atoms with Crippen molar-refractivity contribution in [2.24, 2.45) is 5.84 Å². The maximum Gasteiger partial charge on any atom is 0.249 e. The van der Waals surface area contributed by atoms with Gasteiger partial charge in [0.2, 0.25) is 5.91 Å². The van der Waals surface area contributed by atoms with Gasteiger partial charge in [-0.05, 0) is 5.75 Å².